The first-order chi connectivity index (χ1) is 33.2. The molecule has 0 aliphatic rings. The molecule has 1 heteroatoms. The monoisotopic (exact) mass is 596 g/mol. The number of furan rings is 1. The zero-order valence-corrected chi connectivity index (χ0v) is 22.4. The largest absolute Gasteiger partial charge is 0.455 e. The Morgan fingerprint density at radius 1 is 0.333 bits per heavy atom. The van der Waals surface area contributed by atoms with E-state index in [9.17, 15) is 13.7 Å². The molecule has 0 fully saturated rings. The van der Waals surface area contributed by atoms with Crippen LogP contribution in [-0.4, -0.2) is 0 Å². The highest BCUT2D eigenvalue weighted by atomic mass is 16.3. The average Bonchev–Trinajstić information content (AvgIpc) is 3.75. The molecule has 10 aromatic rings. The molecule has 0 unspecified atom stereocenters. The molecule has 0 spiro atoms. The average molecular weight is 597 g/mol. The van der Waals surface area contributed by atoms with Crippen LogP contribution in [0.4, 0.5) is 0 Å². The van der Waals surface area contributed by atoms with Gasteiger partial charge in [-0.2, -0.15) is 0 Å². The van der Waals surface area contributed by atoms with E-state index in [1.165, 1.54) is 0 Å². The summed E-state index contributed by atoms with van der Waals surface area (Å²) in [6, 6.07) is -22.4. The molecule has 0 amide bonds. The van der Waals surface area contributed by atoms with Gasteiger partial charge < -0.3 is 4.42 Å². The quantitative estimate of drug-likeness (QED) is 0.143. The van der Waals surface area contributed by atoms with Crippen molar-refractivity contribution in [2.75, 3.05) is 0 Å². The molecular weight excluding hydrogens is 544 g/mol. The van der Waals surface area contributed by atoms with Crippen LogP contribution >= 0.6 is 0 Å². The molecule has 0 aliphatic heterocycles. The van der Waals surface area contributed by atoms with Gasteiger partial charge in [0, 0.05) is 16.2 Å². The lowest BCUT2D eigenvalue weighted by molar-refractivity contribution is 0.672. The van der Waals surface area contributed by atoms with E-state index in [2.05, 4.69) is 0 Å². The van der Waals surface area contributed by atoms with Gasteiger partial charge in [0.25, 0.3) is 0 Å². The normalized spacial score (nSPS) is 20.1. The summed E-state index contributed by atoms with van der Waals surface area (Å²) in [6.07, 6.45) is 0. The van der Waals surface area contributed by atoms with Crippen LogP contribution in [0.1, 0.15) is 35.6 Å². The topological polar surface area (TPSA) is 13.1 Å². The Bertz CT molecular complexity index is 4210. The Hall–Kier alpha value is -5.92. The molecule has 9 aromatic carbocycles. The minimum absolute atomic E-state index is 0.401. The zero-order chi connectivity index (χ0) is 52.1. The van der Waals surface area contributed by atoms with E-state index in [0.717, 1.165) is 0 Å². The predicted molar refractivity (Wildman–Crippen MR) is 192 cm³/mol. The highest BCUT2D eigenvalue weighted by Crippen LogP contribution is 2.45. The molecule has 0 aliphatic carbocycles. The second kappa shape index (κ2) is 9.29. The van der Waals surface area contributed by atoms with Gasteiger partial charge in [-0.25, -0.2) is 0 Å². The third-order valence-corrected chi connectivity index (χ3v) is 7.62. The van der Waals surface area contributed by atoms with Crippen LogP contribution in [0.25, 0.3) is 98.1 Å². The molecule has 1 nitrogen and oxygen atoms in total. The fourth-order valence-corrected chi connectivity index (χ4v) is 5.69. The van der Waals surface area contributed by atoms with Crippen LogP contribution in [-0.2, 0) is 0 Å². The third-order valence-electron chi connectivity index (χ3n) is 7.62. The molecule has 0 saturated heterocycles. The third kappa shape index (κ3) is 3.56. The molecule has 0 atom stereocenters. The summed E-state index contributed by atoms with van der Waals surface area (Å²) in [5.74, 6) is 0. The molecule has 0 bridgehead atoms. The second-order valence-electron chi connectivity index (χ2n) is 10.0. The fourth-order valence-electron chi connectivity index (χ4n) is 5.69. The molecule has 208 valence electrons. The van der Waals surface area contributed by atoms with E-state index in [4.69, 9.17) is 26.3 Å². The van der Waals surface area contributed by atoms with Crippen LogP contribution in [0.3, 0.4) is 0 Å². The Labute approximate surface area is 296 Å². The van der Waals surface area contributed by atoms with Gasteiger partial charge in [0.05, 0.1) is 35.6 Å². The van der Waals surface area contributed by atoms with Crippen LogP contribution in [0, 0.1) is 0 Å². The molecule has 0 N–H and O–H groups in total. The van der Waals surface area contributed by atoms with Gasteiger partial charge in [0.1, 0.15) is 11.2 Å². The van der Waals surface area contributed by atoms with E-state index in [1.54, 1.807) is 0 Å². The van der Waals surface area contributed by atoms with E-state index in [-0.39, 0.29) is 0 Å². The number of hydrogen-bond acceptors (Lipinski definition) is 1. The summed E-state index contributed by atoms with van der Waals surface area (Å²) in [5, 5.41) is -6.73. The van der Waals surface area contributed by atoms with Crippen molar-refractivity contribution in [3.63, 3.8) is 0 Å². The van der Waals surface area contributed by atoms with Crippen molar-refractivity contribution in [1.29, 1.82) is 0 Å². The highest BCUT2D eigenvalue weighted by Gasteiger charge is 2.18. The Morgan fingerprint density at radius 3 is 1.49 bits per heavy atom. The lowest BCUT2D eigenvalue weighted by Gasteiger charge is -2.18. The number of benzene rings is 9. The summed E-state index contributed by atoms with van der Waals surface area (Å²) < 4.78 is 240. The highest BCUT2D eigenvalue weighted by molar-refractivity contribution is 6.23. The number of fused-ring (bicyclic) bond motifs is 10. The number of rotatable bonds is 2. The molecule has 45 heavy (non-hydrogen) atoms. The van der Waals surface area contributed by atoms with Gasteiger partial charge in [0.2, 0.25) is 0 Å². The summed E-state index contributed by atoms with van der Waals surface area (Å²) in [4.78, 5) is 0. The lowest BCUT2D eigenvalue weighted by atomic mass is 9.85. The summed E-state index contributed by atoms with van der Waals surface area (Å²) >= 11 is 0. The zero-order valence-electron chi connectivity index (χ0n) is 48.4. The van der Waals surface area contributed by atoms with Crippen molar-refractivity contribution in [1.82, 2.24) is 0 Å². The van der Waals surface area contributed by atoms with E-state index >= 15 is 0 Å². The SMILES string of the molecule is [2H]c1c(-c2c3c([2H])c([2H])c([2H])c([2H])c3c(-c3c([2H])c([2H])c4c(c3[2H])c([2H])c([2H])c3c([2H])c([2H])c([2H])c([2H])c34)c3c([2H])c([2H])c([2H])c([2H])c23)c([2H])c2c(oc3c4c([2H])c([2H])c([2H])c([2H])c4c([2H])c([2H])c32)c1[2H]. The van der Waals surface area contributed by atoms with E-state index < -0.39 is 255 Å². The van der Waals surface area contributed by atoms with Gasteiger partial charge in [-0.15, -0.1) is 0 Å². The smallest absolute Gasteiger partial charge is 0.143 e. The van der Waals surface area contributed by atoms with Crippen LogP contribution < -0.4 is 0 Å². The minimum Gasteiger partial charge on any atom is -0.455 e. The molecular formula is C44H26O. The van der Waals surface area contributed by atoms with Gasteiger partial charge in [0.15, 0.2) is 0 Å². The van der Waals surface area contributed by atoms with Crippen molar-refractivity contribution in [3.8, 4) is 22.3 Å². The maximum absolute atomic E-state index is 9.81. The molecule has 10 rings (SSSR count). The second-order valence-corrected chi connectivity index (χ2v) is 10.0. The first-order valence-electron chi connectivity index (χ1n) is 26.4. The molecule has 1 aromatic heterocycles. The summed E-state index contributed by atoms with van der Waals surface area (Å²) in [7, 11) is 0. The van der Waals surface area contributed by atoms with Crippen LogP contribution in [0.2, 0.25) is 0 Å². The summed E-state index contributed by atoms with van der Waals surface area (Å²) in [5.41, 5.74) is -3.96. The molecule has 0 radical (unpaired) electrons. The van der Waals surface area contributed by atoms with Crippen molar-refractivity contribution < 1.29 is 40.1 Å². The van der Waals surface area contributed by atoms with Crippen LogP contribution in [0.5, 0.6) is 0 Å². The van der Waals surface area contributed by atoms with E-state index in [0.29, 0.717) is 0 Å². The van der Waals surface area contributed by atoms with Gasteiger partial charge in [-0.1, -0.05) is 133 Å². The lowest BCUT2D eigenvalue weighted by Crippen LogP contribution is -1.91. The van der Waals surface area contributed by atoms with Gasteiger partial charge in [-0.3, -0.25) is 0 Å². The number of hydrogen-bond donors (Lipinski definition) is 0. The molecule has 0 saturated carbocycles. The van der Waals surface area contributed by atoms with Gasteiger partial charge >= 0.3 is 0 Å². The molecule has 1 heterocycles. The van der Waals surface area contributed by atoms with Crippen molar-refractivity contribution >= 4 is 75.8 Å². The fraction of sp³-hybridized carbons (Fsp3) is 0. The first-order valence-corrected chi connectivity index (χ1v) is 13.4. The van der Waals surface area contributed by atoms with E-state index in [1.807, 2.05) is 0 Å². The Morgan fingerprint density at radius 2 is 0.800 bits per heavy atom. The van der Waals surface area contributed by atoms with Crippen molar-refractivity contribution in [2.45, 2.75) is 0 Å². The summed E-state index contributed by atoms with van der Waals surface area (Å²) in [6.45, 7) is 0. The van der Waals surface area contributed by atoms with Crippen molar-refractivity contribution in [3.05, 3.63) is 157 Å². The maximum Gasteiger partial charge on any atom is 0.143 e. The predicted octanol–water partition coefficient (Wildman–Crippen LogP) is 12.7. The van der Waals surface area contributed by atoms with Crippen molar-refractivity contribution in [2.24, 2.45) is 0 Å². The Balaban J connectivity index is 1.50. The van der Waals surface area contributed by atoms with Crippen LogP contribution in [0.15, 0.2) is 162 Å². The standard InChI is InChI=1S/C44H26O/c1-3-11-32-27(9-1)17-18-29-25-30(20-22-33(29)32)42-35-13-5-7-15-37(35)43(38-16-8-6-14-36(38)42)31-21-24-41-40(26-31)39-23-19-28-10-2-4-12-34(28)44(39)45-41/h1-26H/i1D,2D,3D,4D,5D,6D,7D,8D,9D,10D,11D,12D,13D,14D,15D,16D,17D,18D,19D,20D,21D,22D,23D,24D,25D,26D. The van der Waals surface area contributed by atoms with Gasteiger partial charge in [-0.05, 0) is 94.9 Å². The Kier molecular flexibility index (Phi) is 2.13. The minimum atomic E-state index is -0.981. The maximum atomic E-state index is 9.81. The first kappa shape index (κ1) is 10.3.